The van der Waals surface area contributed by atoms with Gasteiger partial charge >= 0.3 is 5.97 Å². The first-order valence-corrected chi connectivity index (χ1v) is 7.43. The summed E-state index contributed by atoms with van der Waals surface area (Å²) in [4.78, 5) is 23.8. The van der Waals surface area contributed by atoms with Crippen molar-refractivity contribution in [1.82, 2.24) is 0 Å². The number of hydrogen-bond donors (Lipinski definition) is 2. The molecule has 0 saturated carbocycles. The van der Waals surface area contributed by atoms with Crippen LogP contribution in [0.3, 0.4) is 0 Å². The number of carboxylic acids is 1. The molecule has 5 heteroatoms. The van der Waals surface area contributed by atoms with Gasteiger partial charge in [-0.1, -0.05) is 30.3 Å². The molecule has 2 atom stereocenters. The Morgan fingerprint density at radius 1 is 1.17 bits per heavy atom. The zero-order chi connectivity index (χ0) is 16.4. The molecule has 0 aromatic heterocycles. The minimum absolute atomic E-state index is 0.151. The third-order valence-corrected chi connectivity index (χ3v) is 3.87. The summed E-state index contributed by atoms with van der Waals surface area (Å²) in [5, 5.41) is 11.9. The number of benzene rings is 2. The molecule has 1 aliphatic rings. The first-order chi connectivity index (χ1) is 11.1. The number of rotatable bonds is 5. The van der Waals surface area contributed by atoms with E-state index in [1.165, 1.54) is 6.92 Å². The monoisotopic (exact) mass is 311 g/mol. The van der Waals surface area contributed by atoms with Gasteiger partial charge in [-0.15, -0.1) is 0 Å². The van der Waals surface area contributed by atoms with Gasteiger partial charge in [-0.2, -0.15) is 0 Å². The molecular formula is C18H17NO4. The molecule has 2 unspecified atom stereocenters. The van der Waals surface area contributed by atoms with Gasteiger partial charge in [-0.3, -0.25) is 9.59 Å². The molecule has 0 aliphatic carbocycles. The number of Topliss-reactive ketones (excluding diaryl/α,β-unsaturated/α-hetero) is 1. The first-order valence-electron chi connectivity index (χ1n) is 7.43. The van der Waals surface area contributed by atoms with E-state index in [0.717, 1.165) is 11.3 Å². The maximum absolute atomic E-state index is 12.8. The lowest BCUT2D eigenvalue weighted by atomic mass is 10.00. The number of ketones is 1. The van der Waals surface area contributed by atoms with Crippen LogP contribution >= 0.6 is 0 Å². The highest BCUT2D eigenvalue weighted by Crippen LogP contribution is 2.31. The second-order valence-corrected chi connectivity index (χ2v) is 5.53. The number of nitrogens with one attached hydrogen (secondary N) is 1. The number of hydrogen-bond acceptors (Lipinski definition) is 4. The lowest BCUT2D eigenvalue weighted by Crippen LogP contribution is -2.29. The average Bonchev–Trinajstić information content (AvgIpc) is 2.98. The number of carboxylic acid groups (broad SMARTS) is 1. The van der Waals surface area contributed by atoms with Crippen LogP contribution in [0.1, 0.15) is 22.8 Å². The number of carbonyl (C=O) groups is 2. The van der Waals surface area contributed by atoms with Gasteiger partial charge in [0, 0.05) is 17.7 Å². The molecule has 0 bridgehead atoms. The van der Waals surface area contributed by atoms with Crippen molar-refractivity contribution in [3.05, 3.63) is 59.7 Å². The Balaban J connectivity index is 1.82. The molecule has 2 N–H and O–H groups in total. The Labute approximate surface area is 133 Å². The first kappa shape index (κ1) is 15.1. The van der Waals surface area contributed by atoms with Crippen LogP contribution in [-0.2, 0) is 11.2 Å². The van der Waals surface area contributed by atoms with E-state index in [4.69, 9.17) is 9.84 Å². The fraction of sp³-hybridized carbons (Fsp3) is 0.222. The van der Waals surface area contributed by atoms with E-state index in [1.807, 2.05) is 24.3 Å². The standard InChI is InChI=1S/C18H17NO4/c1-11(18(21)22)19-14-8-4-3-7-13(14)17(20)16-10-12-6-2-5-9-15(12)23-16/h2-9,11,16,19H,10H2,1H3,(H,21,22). The lowest BCUT2D eigenvalue weighted by molar-refractivity contribution is -0.137. The fourth-order valence-corrected chi connectivity index (χ4v) is 2.62. The Morgan fingerprint density at radius 3 is 2.61 bits per heavy atom. The molecule has 118 valence electrons. The summed E-state index contributed by atoms with van der Waals surface area (Å²) in [5.41, 5.74) is 1.96. The topological polar surface area (TPSA) is 75.6 Å². The van der Waals surface area contributed by atoms with Gasteiger partial charge in [-0.25, -0.2) is 0 Å². The van der Waals surface area contributed by atoms with Crippen molar-refractivity contribution in [3.8, 4) is 5.75 Å². The highest BCUT2D eigenvalue weighted by molar-refractivity contribution is 6.05. The molecule has 0 saturated heterocycles. The highest BCUT2D eigenvalue weighted by Gasteiger charge is 2.31. The largest absolute Gasteiger partial charge is 0.482 e. The Kier molecular flexibility index (Phi) is 4.02. The zero-order valence-electron chi connectivity index (χ0n) is 12.7. The van der Waals surface area contributed by atoms with Crippen LogP contribution in [0, 0.1) is 0 Å². The van der Waals surface area contributed by atoms with Gasteiger partial charge in [0.2, 0.25) is 5.78 Å². The molecule has 0 spiro atoms. The third-order valence-electron chi connectivity index (χ3n) is 3.87. The third kappa shape index (κ3) is 3.04. The summed E-state index contributed by atoms with van der Waals surface area (Å²) in [5.74, 6) is -0.395. The number of fused-ring (bicyclic) bond motifs is 1. The predicted molar refractivity (Wildman–Crippen MR) is 86.1 cm³/mol. The van der Waals surface area contributed by atoms with E-state index in [9.17, 15) is 9.59 Å². The van der Waals surface area contributed by atoms with Crippen molar-refractivity contribution < 1.29 is 19.4 Å². The fourth-order valence-electron chi connectivity index (χ4n) is 2.62. The van der Waals surface area contributed by atoms with Crippen molar-refractivity contribution in [3.63, 3.8) is 0 Å². The number of aliphatic carboxylic acids is 1. The maximum Gasteiger partial charge on any atom is 0.325 e. The summed E-state index contributed by atoms with van der Waals surface area (Å²) in [7, 11) is 0. The van der Waals surface area contributed by atoms with Gasteiger partial charge in [0.15, 0.2) is 6.10 Å². The van der Waals surface area contributed by atoms with Crippen LogP contribution in [-0.4, -0.2) is 29.0 Å². The normalized spacial score (nSPS) is 17.0. The summed E-state index contributed by atoms with van der Waals surface area (Å²) < 4.78 is 5.74. The molecule has 3 rings (SSSR count). The molecule has 2 aromatic rings. The summed E-state index contributed by atoms with van der Waals surface area (Å²) in [6, 6.07) is 13.7. The van der Waals surface area contributed by atoms with Gasteiger partial charge in [0.25, 0.3) is 0 Å². The van der Waals surface area contributed by atoms with Crippen LogP contribution in [0.2, 0.25) is 0 Å². The predicted octanol–water partition coefficient (Wildman–Crippen LogP) is 2.76. The SMILES string of the molecule is CC(Nc1ccccc1C(=O)C1Cc2ccccc2O1)C(=O)O. The molecular weight excluding hydrogens is 294 g/mol. The van der Waals surface area contributed by atoms with Crippen LogP contribution < -0.4 is 10.1 Å². The molecule has 1 aliphatic heterocycles. The van der Waals surface area contributed by atoms with Crippen molar-refractivity contribution >= 4 is 17.4 Å². The summed E-state index contributed by atoms with van der Waals surface area (Å²) in [6.45, 7) is 1.53. The van der Waals surface area contributed by atoms with E-state index in [1.54, 1.807) is 24.3 Å². The molecule has 5 nitrogen and oxygen atoms in total. The van der Waals surface area contributed by atoms with Crippen molar-refractivity contribution in [1.29, 1.82) is 0 Å². The molecule has 0 fully saturated rings. The summed E-state index contributed by atoms with van der Waals surface area (Å²) in [6.07, 6.45) is -0.0480. The Bertz CT molecular complexity index is 731. The van der Waals surface area contributed by atoms with E-state index in [2.05, 4.69) is 5.32 Å². The number of anilines is 1. The average molecular weight is 311 g/mol. The molecule has 0 radical (unpaired) electrons. The number of para-hydroxylation sites is 2. The number of carbonyl (C=O) groups excluding carboxylic acids is 1. The minimum atomic E-state index is -0.975. The van der Waals surface area contributed by atoms with E-state index < -0.39 is 18.1 Å². The van der Waals surface area contributed by atoms with E-state index in [0.29, 0.717) is 17.7 Å². The van der Waals surface area contributed by atoms with Gasteiger partial charge in [0.05, 0.1) is 0 Å². The van der Waals surface area contributed by atoms with Crippen molar-refractivity contribution in [2.45, 2.75) is 25.5 Å². The second-order valence-electron chi connectivity index (χ2n) is 5.53. The molecule has 2 aromatic carbocycles. The highest BCUT2D eigenvalue weighted by atomic mass is 16.5. The quantitative estimate of drug-likeness (QED) is 0.830. The van der Waals surface area contributed by atoms with E-state index >= 15 is 0 Å². The van der Waals surface area contributed by atoms with Crippen LogP contribution in [0.5, 0.6) is 5.75 Å². The lowest BCUT2D eigenvalue weighted by Gasteiger charge is -2.16. The smallest absolute Gasteiger partial charge is 0.325 e. The molecule has 1 heterocycles. The number of ether oxygens (including phenoxy) is 1. The second kappa shape index (κ2) is 6.12. The van der Waals surface area contributed by atoms with Crippen LogP contribution in [0.4, 0.5) is 5.69 Å². The van der Waals surface area contributed by atoms with Gasteiger partial charge < -0.3 is 15.2 Å². The minimum Gasteiger partial charge on any atom is -0.482 e. The maximum atomic E-state index is 12.8. The summed E-state index contributed by atoms with van der Waals surface area (Å²) >= 11 is 0. The van der Waals surface area contributed by atoms with Crippen LogP contribution in [0.25, 0.3) is 0 Å². The van der Waals surface area contributed by atoms with Crippen molar-refractivity contribution in [2.24, 2.45) is 0 Å². The zero-order valence-corrected chi connectivity index (χ0v) is 12.7. The molecule has 23 heavy (non-hydrogen) atoms. The van der Waals surface area contributed by atoms with E-state index in [-0.39, 0.29) is 5.78 Å². The Hall–Kier alpha value is -2.82. The van der Waals surface area contributed by atoms with Crippen molar-refractivity contribution in [2.75, 3.05) is 5.32 Å². The Morgan fingerprint density at radius 2 is 1.87 bits per heavy atom. The van der Waals surface area contributed by atoms with Gasteiger partial charge in [0.1, 0.15) is 11.8 Å². The van der Waals surface area contributed by atoms with Crippen LogP contribution in [0.15, 0.2) is 48.5 Å². The van der Waals surface area contributed by atoms with Gasteiger partial charge in [-0.05, 0) is 30.7 Å². The molecule has 0 amide bonds.